The Kier molecular flexibility index (Phi) is 3.98. The molecule has 6 bridgehead atoms. The van der Waals surface area contributed by atoms with Gasteiger partial charge in [0, 0.05) is 0 Å². The van der Waals surface area contributed by atoms with E-state index in [2.05, 4.69) is 72.8 Å². The molecule has 2 aliphatic rings. The molecule has 0 saturated carbocycles. The number of aryl methyl sites for hydroxylation is 4. The lowest BCUT2D eigenvalue weighted by atomic mass is 9.98. The number of fused-ring (bicyclic) bond motifs is 4. The molecule has 0 saturated heterocycles. The van der Waals surface area contributed by atoms with Crippen molar-refractivity contribution in [3.05, 3.63) is 106 Å². The Hall–Kier alpha value is -2.34. The predicted octanol–water partition coefficient (Wildman–Crippen LogP) is 5.16. The van der Waals surface area contributed by atoms with Gasteiger partial charge >= 0.3 is 0 Å². The molecule has 114 valence electrons. The standard InChI is InChI=1S/C23H22/c1-3-20-13-11-18-7-9-19(10-8-18)12-14-21-4-2-6-23(16-21)17-22(5-1)15-20/h1-10,15-16H,11-14,17H2. The Morgan fingerprint density at radius 3 is 1.26 bits per heavy atom. The van der Waals surface area contributed by atoms with Crippen LogP contribution in [-0.4, -0.2) is 0 Å². The minimum atomic E-state index is 1.03. The van der Waals surface area contributed by atoms with E-state index in [1.54, 1.807) is 0 Å². The number of hydrogen-bond donors (Lipinski definition) is 0. The minimum absolute atomic E-state index is 1.03. The summed E-state index contributed by atoms with van der Waals surface area (Å²) < 4.78 is 0. The van der Waals surface area contributed by atoms with Gasteiger partial charge in [-0.15, -0.1) is 0 Å². The van der Waals surface area contributed by atoms with Crippen molar-refractivity contribution in [3.8, 4) is 0 Å². The highest BCUT2D eigenvalue weighted by atomic mass is 14.1. The van der Waals surface area contributed by atoms with Crippen molar-refractivity contribution in [2.45, 2.75) is 32.1 Å². The van der Waals surface area contributed by atoms with Gasteiger partial charge in [0.2, 0.25) is 0 Å². The fraction of sp³-hybridized carbons (Fsp3) is 0.217. The van der Waals surface area contributed by atoms with E-state index in [9.17, 15) is 0 Å². The third-order valence-corrected chi connectivity index (χ3v) is 4.82. The lowest BCUT2D eigenvalue weighted by molar-refractivity contribution is 0.940. The average Bonchev–Trinajstić information content (AvgIpc) is 2.59. The van der Waals surface area contributed by atoms with Gasteiger partial charge < -0.3 is 0 Å². The van der Waals surface area contributed by atoms with Crippen molar-refractivity contribution in [2.24, 2.45) is 0 Å². The van der Waals surface area contributed by atoms with Gasteiger partial charge in [0.25, 0.3) is 0 Å². The molecule has 0 amide bonds. The van der Waals surface area contributed by atoms with E-state index in [0.29, 0.717) is 0 Å². The summed E-state index contributed by atoms with van der Waals surface area (Å²) >= 11 is 0. The molecule has 0 fully saturated rings. The maximum atomic E-state index is 2.38. The summed E-state index contributed by atoms with van der Waals surface area (Å²) in [5.41, 5.74) is 8.60. The summed E-state index contributed by atoms with van der Waals surface area (Å²) in [5, 5.41) is 0. The molecule has 23 heavy (non-hydrogen) atoms. The molecule has 0 aromatic heterocycles. The van der Waals surface area contributed by atoms with E-state index in [0.717, 1.165) is 32.1 Å². The molecule has 0 radical (unpaired) electrons. The zero-order chi connectivity index (χ0) is 15.5. The second-order valence-electron chi connectivity index (χ2n) is 6.63. The normalized spacial score (nSPS) is 14.1. The quantitative estimate of drug-likeness (QED) is 0.537. The lowest BCUT2D eigenvalue weighted by Gasteiger charge is -2.07. The second kappa shape index (κ2) is 6.42. The van der Waals surface area contributed by atoms with Gasteiger partial charge in [0.1, 0.15) is 0 Å². The molecule has 5 rings (SSSR count). The Balaban J connectivity index is 1.72. The molecular formula is C23H22. The Labute approximate surface area is 138 Å². The summed E-state index contributed by atoms with van der Waals surface area (Å²) in [4.78, 5) is 0. The number of benzene rings is 3. The highest BCUT2D eigenvalue weighted by Crippen LogP contribution is 2.17. The molecule has 3 aromatic rings. The van der Waals surface area contributed by atoms with Crippen molar-refractivity contribution >= 4 is 0 Å². The van der Waals surface area contributed by atoms with Crippen LogP contribution in [0.25, 0.3) is 0 Å². The first-order valence-corrected chi connectivity index (χ1v) is 8.59. The zero-order valence-corrected chi connectivity index (χ0v) is 13.5. The Morgan fingerprint density at radius 1 is 0.391 bits per heavy atom. The van der Waals surface area contributed by atoms with Crippen molar-refractivity contribution in [1.29, 1.82) is 0 Å². The van der Waals surface area contributed by atoms with E-state index >= 15 is 0 Å². The van der Waals surface area contributed by atoms with Gasteiger partial charge in [-0.25, -0.2) is 0 Å². The highest BCUT2D eigenvalue weighted by Gasteiger charge is 2.04. The van der Waals surface area contributed by atoms with Gasteiger partial charge in [-0.1, -0.05) is 72.8 Å². The first-order chi connectivity index (χ1) is 11.3. The first kappa shape index (κ1) is 14.3. The van der Waals surface area contributed by atoms with Crippen LogP contribution in [0.3, 0.4) is 0 Å². The first-order valence-electron chi connectivity index (χ1n) is 8.59. The van der Waals surface area contributed by atoms with Crippen LogP contribution < -0.4 is 0 Å². The zero-order valence-electron chi connectivity index (χ0n) is 13.5. The summed E-state index contributed by atoms with van der Waals surface area (Å²) in [5.74, 6) is 0. The minimum Gasteiger partial charge on any atom is -0.0617 e. The highest BCUT2D eigenvalue weighted by molar-refractivity contribution is 5.33. The van der Waals surface area contributed by atoms with Crippen LogP contribution >= 0.6 is 0 Å². The lowest BCUT2D eigenvalue weighted by Crippen LogP contribution is -1.94. The van der Waals surface area contributed by atoms with E-state index in [4.69, 9.17) is 0 Å². The van der Waals surface area contributed by atoms with E-state index in [1.165, 1.54) is 33.4 Å². The molecule has 0 aliphatic heterocycles. The van der Waals surface area contributed by atoms with Gasteiger partial charge in [-0.05, 0) is 65.5 Å². The summed E-state index contributed by atoms with van der Waals surface area (Å²) in [6.45, 7) is 0. The van der Waals surface area contributed by atoms with Crippen LogP contribution in [-0.2, 0) is 32.1 Å². The molecule has 2 aliphatic carbocycles. The van der Waals surface area contributed by atoms with Gasteiger partial charge in [-0.3, -0.25) is 0 Å². The van der Waals surface area contributed by atoms with Crippen molar-refractivity contribution < 1.29 is 0 Å². The van der Waals surface area contributed by atoms with Crippen LogP contribution in [0, 0.1) is 0 Å². The molecule has 0 heterocycles. The summed E-state index contributed by atoms with van der Waals surface area (Å²) in [7, 11) is 0. The molecule has 0 atom stereocenters. The SMILES string of the molecule is c1cc2cc(c1)Cc1cccc(c1)CCc1ccc(cc1)CC2. The van der Waals surface area contributed by atoms with Crippen molar-refractivity contribution in [2.75, 3.05) is 0 Å². The molecule has 0 N–H and O–H groups in total. The molecular weight excluding hydrogens is 276 g/mol. The molecule has 3 aromatic carbocycles. The summed E-state index contributed by atoms with van der Waals surface area (Å²) in [6, 6.07) is 27.4. The van der Waals surface area contributed by atoms with E-state index in [1.807, 2.05) is 0 Å². The molecule has 0 spiro atoms. The summed E-state index contributed by atoms with van der Waals surface area (Å²) in [6.07, 6.45) is 5.51. The van der Waals surface area contributed by atoms with Crippen LogP contribution in [0.5, 0.6) is 0 Å². The second-order valence-corrected chi connectivity index (χ2v) is 6.63. The number of hydrogen-bond acceptors (Lipinski definition) is 0. The monoisotopic (exact) mass is 298 g/mol. The topological polar surface area (TPSA) is 0 Å². The van der Waals surface area contributed by atoms with Crippen molar-refractivity contribution in [3.63, 3.8) is 0 Å². The van der Waals surface area contributed by atoms with E-state index in [-0.39, 0.29) is 0 Å². The third-order valence-electron chi connectivity index (χ3n) is 4.82. The largest absolute Gasteiger partial charge is 0.0617 e. The molecule has 0 nitrogen and oxygen atoms in total. The van der Waals surface area contributed by atoms with Gasteiger partial charge in [-0.2, -0.15) is 0 Å². The van der Waals surface area contributed by atoms with Crippen molar-refractivity contribution in [1.82, 2.24) is 0 Å². The average molecular weight is 298 g/mol. The van der Waals surface area contributed by atoms with E-state index < -0.39 is 0 Å². The van der Waals surface area contributed by atoms with Crippen LogP contribution in [0.1, 0.15) is 33.4 Å². The third kappa shape index (κ3) is 3.53. The van der Waals surface area contributed by atoms with Crippen LogP contribution in [0.15, 0.2) is 72.8 Å². The fourth-order valence-corrected chi connectivity index (χ4v) is 3.48. The van der Waals surface area contributed by atoms with Gasteiger partial charge in [0.05, 0.1) is 0 Å². The fourth-order valence-electron chi connectivity index (χ4n) is 3.48. The number of rotatable bonds is 0. The maximum Gasteiger partial charge on any atom is -0.00256 e. The van der Waals surface area contributed by atoms with Crippen LogP contribution in [0.4, 0.5) is 0 Å². The Bertz CT molecular complexity index is 728. The van der Waals surface area contributed by atoms with Crippen LogP contribution in [0.2, 0.25) is 0 Å². The smallest absolute Gasteiger partial charge is 0.00256 e. The molecule has 0 unspecified atom stereocenters. The Morgan fingerprint density at radius 2 is 0.783 bits per heavy atom. The molecule has 0 heteroatoms. The van der Waals surface area contributed by atoms with Gasteiger partial charge in [0.15, 0.2) is 0 Å². The maximum absolute atomic E-state index is 2.38. The predicted molar refractivity (Wildman–Crippen MR) is 96.9 cm³/mol.